The third kappa shape index (κ3) is 3.72. The highest BCUT2D eigenvalue weighted by molar-refractivity contribution is 5.30. The van der Waals surface area contributed by atoms with Gasteiger partial charge in [-0.1, -0.05) is 12.1 Å². The Bertz CT molecular complexity index is 423. The van der Waals surface area contributed by atoms with Crippen LogP contribution in [-0.4, -0.2) is 49.9 Å². The number of aliphatic hydroxyl groups is 1. The molecule has 0 radical (unpaired) electrons. The minimum atomic E-state index is -0.192. The van der Waals surface area contributed by atoms with Crippen molar-refractivity contribution in [2.45, 2.75) is 37.5 Å². The fourth-order valence-corrected chi connectivity index (χ4v) is 2.89. The van der Waals surface area contributed by atoms with E-state index in [0.717, 1.165) is 31.6 Å². The lowest BCUT2D eigenvalue weighted by Gasteiger charge is -2.28. The molecule has 0 spiro atoms. The number of nitrogens with zero attached hydrogens (tertiary/aromatic N) is 1. The van der Waals surface area contributed by atoms with Crippen LogP contribution in [0.3, 0.4) is 0 Å². The molecule has 1 aromatic rings. The Labute approximate surface area is 121 Å². The van der Waals surface area contributed by atoms with Crippen molar-refractivity contribution in [2.24, 2.45) is 0 Å². The molecule has 2 N–H and O–H groups in total. The lowest BCUT2D eigenvalue weighted by molar-refractivity contribution is 0.143. The number of hydrogen-bond donors (Lipinski definition) is 2. The van der Waals surface area contributed by atoms with E-state index in [1.807, 2.05) is 12.1 Å². The van der Waals surface area contributed by atoms with Gasteiger partial charge in [-0.25, -0.2) is 0 Å². The van der Waals surface area contributed by atoms with Gasteiger partial charge in [0.15, 0.2) is 0 Å². The Kier molecular flexibility index (Phi) is 5.40. The summed E-state index contributed by atoms with van der Waals surface area (Å²) < 4.78 is 5.30. The van der Waals surface area contributed by atoms with E-state index in [-0.39, 0.29) is 18.2 Å². The van der Waals surface area contributed by atoms with E-state index in [2.05, 4.69) is 36.4 Å². The predicted octanol–water partition coefficient (Wildman–Crippen LogP) is 1.80. The minimum Gasteiger partial charge on any atom is -0.497 e. The van der Waals surface area contributed by atoms with Gasteiger partial charge in [0.25, 0.3) is 0 Å². The summed E-state index contributed by atoms with van der Waals surface area (Å²) in [6.45, 7) is 0.835. The zero-order chi connectivity index (χ0) is 14.5. The molecule has 4 heteroatoms. The average Bonchev–Trinajstić information content (AvgIpc) is 2.84. The summed E-state index contributed by atoms with van der Waals surface area (Å²) in [4.78, 5) is 2.20. The van der Waals surface area contributed by atoms with Gasteiger partial charge in [-0.15, -0.1) is 0 Å². The topological polar surface area (TPSA) is 44.7 Å². The van der Waals surface area contributed by atoms with Crippen LogP contribution in [0.2, 0.25) is 0 Å². The van der Waals surface area contributed by atoms with Crippen LogP contribution in [0.1, 0.15) is 30.9 Å². The molecule has 20 heavy (non-hydrogen) atoms. The van der Waals surface area contributed by atoms with E-state index in [4.69, 9.17) is 4.74 Å². The summed E-state index contributed by atoms with van der Waals surface area (Å²) in [5.41, 5.74) is 1.23. The third-order valence-corrected chi connectivity index (χ3v) is 4.15. The highest BCUT2D eigenvalue weighted by atomic mass is 16.5. The summed E-state index contributed by atoms with van der Waals surface area (Å²) in [6.07, 6.45) is 2.91. The first-order chi connectivity index (χ1) is 9.61. The third-order valence-electron chi connectivity index (χ3n) is 4.15. The van der Waals surface area contributed by atoms with Crippen LogP contribution in [0.5, 0.6) is 5.75 Å². The highest BCUT2D eigenvalue weighted by Crippen LogP contribution is 2.24. The maximum atomic E-state index is 9.90. The predicted molar refractivity (Wildman–Crippen MR) is 81.1 cm³/mol. The molecular weight excluding hydrogens is 252 g/mol. The van der Waals surface area contributed by atoms with Gasteiger partial charge in [-0.05, 0) is 51.1 Å². The molecule has 2 rings (SSSR count). The molecule has 1 aliphatic carbocycles. The molecule has 1 aromatic carbocycles. The second-order valence-corrected chi connectivity index (χ2v) is 5.77. The summed E-state index contributed by atoms with van der Waals surface area (Å²) in [6, 6.07) is 8.71. The maximum Gasteiger partial charge on any atom is 0.119 e. The molecule has 0 saturated heterocycles. The summed E-state index contributed by atoms with van der Waals surface area (Å²) in [5, 5.41) is 13.4. The molecule has 1 fully saturated rings. The van der Waals surface area contributed by atoms with Gasteiger partial charge in [0.1, 0.15) is 5.75 Å². The Balaban J connectivity index is 2.02. The fraction of sp³-hybridized carbons (Fsp3) is 0.625. The first-order valence-electron chi connectivity index (χ1n) is 7.33. The zero-order valence-electron chi connectivity index (χ0n) is 12.7. The number of likely N-dealkylation sites (N-methyl/N-ethyl adjacent to an activating group) is 1. The Morgan fingerprint density at radius 1 is 1.40 bits per heavy atom. The molecule has 112 valence electrons. The number of benzene rings is 1. The van der Waals surface area contributed by atoms with Crippen molar-refractivity contribution in [3.63, 3.8) is 0 Å². The fourth-order valence-electron chi connectivity index (χ4n) is 2.89. The van der Waals surface area contributed by atoms with Gasteiger partial charge in [-0.2, -0.15) is 0 Å². The van der Waals surface area contributed by atoms with E-state index in [1.165, 1.54) is 5.56 Å². The van der Waals surface area contributed by atoms with E-state index in [0.29, 0.717) is 0 Å². The van der Waals surface area contributed by atoms with E-state index < -0.39 is 0 Å². The van der Waals surface area contributed by atoms with Crippen LogP contribution in [0, 0.1) is 0 Å². The smallest absolute Gasteiger partial charge is 0.119 e. The molecule has 1 aliphatic rings. The highest BCUT2D eigenvalue weighted by Gasteiger charge is 2.26. The SMILES string of the molecule is COc1cccc(C(CN[C@H]2CCC[C@@H]2O)N(C)C)c1. The number of ether oxygens (including phenoxy) is 1. The van der Waals surface area contributed by atoms with Gasteiger partial charge in [0.05, 0.1) is 13.2 Å². The van der Waals surface area contributed by atoms with Crippen LogP contribution in [0.25, 0.3) is 0 Å². The number of rotatable bonds is 6. The molecule has 3 atom stereocenters. The largest absolute Gasteiger partial charge is 0.497 e. The molecular formula is C16H26N2O2. The quantitative estimate of drug-likeness (QED) is 0.833. The Hall–Kier alpha value is -1.10. The van der Waals surface area contributed by atoms with Crippen molar-refractivity contribution >= 4 is 0 Å². The van der Waals surface area contributed by atoms with Crippen molar-refractivity contribution in [1.82, 2.24) is 10.2 Å². The van der Waals surface area contributed by atoms with Crippen LogP contribution < -0.4 is 10.1 Å². The molecule has 0 bridgehead atoms. The number of hydrogen-bond acceptors (Lipinski definition) is 4. The van der Waals surface area contributed by atoms with Gasteiger partial charge in [0.2, 0.25) is 0 Å². The molecule has 4 nitrogen and oxygen atoms in total. The minimum absolute atomic E-state index is 0.192. The molecule has 1 unspecified atom stereocenters. The zero-order valence-corrected chi connectivity index (χ0v) is 12.7. The summed E-state index contributed by atoms with van der Waals surface area (Å²) >= 11 is 0. The van der Waals surface area contributed by atoms with Crippen molar-refractivity contribution in [2.75, 3.05) is 27.7 Å². The van der Waals surface area contributed by atoms with Crippen molar-refractivity contribution in [1.29, 1.82) is 0 Å². The van der Waals surface area contributed by atoms with Gasteiger partial charge < -0.3 is 20.1 Å². The van der Waals surface area contributed by atoms with E-state index >= 15 is 0 Å². The second-order valence-electron chi connectivity index (χ2n) is 5.77. The molecule has 0 amide bonds. The van der Waals surface area contributed by atoms with Crippen molar-refractivity contribution in [3.8, 4) is 5.75 Å². The monoisotopic (exact) mass is 278 g/mol. The lowest BCUT2D eigenvalue weighted by atomic mass is 10.0. The van der Waals surface area contributed by atoms with Gasteiger partial charge in [0, 0.05) is 18.6 Å². The molecule has 0 aliphatic heterocycles. The average molecular weight is 278 g/mol. The normalized spacial score (nSPS) is 24.1. The van der Waals surface area contributed by atoms with Crippen molar-refractivity contribution in [3.05, 3.63) is 29.8 Å². The van der Waals surface area contributed by atoms with Crippen molar-refractivity contribution < 1.29 is 9.84 Å². The van der Waals surface area contributed by atoms with Crippen LogP contribution in [0.4, 0.5) is 0 Å². The first kappa shape index (κ1) is 15.3. The first-order valence-corrected chi connectivity index (χ1v) is 7.33. The number of nitrogens with one attached hydrogen (secondary N) is 1. The lowest BCUT2D eigenvalue weighted by Crippen LogP contribution is -2.40. The van der Waals surface area contributed by atoms with Crippen LogP contribution in [0.15, 0.2) is 24.3 Å². The molecule has 0 aromatic heterocycles. The van der Waals surface area contributed by atoms with Gasteiger partial charge >= 0.3 is 0 Å². The van der Waals surface area contributed by atoms with Gasteiger partial charge in [-0.3, -0.25) is 0 Å². The molecule has 0 heterocycles. The Morgan fingerprint density at radius 2 is 2.20 bits per heavy atom. The summed E-state index contributed by atoms with van der Waals surface area (Å²) in [5.74, 6) is 0.884. The van der Waals surface area contributed by atoms with Crippen LogP contribution >= 0.6 is 0 Å². The summed E-state index contributed by atoms with van der Waals surface area (Å²) in [7, 11) is 5.85. The van der Waals surface area contributed by atoms with E-state index in [1.54, 1.807) is 7.11 Å². The number of methoxy groups -OCH3 is 1. The Morgan fingerprint density at radius 3 is 2.80 bits per heavy atom. The second kappa shape index (κ2) is 7.07. The standard InChI is InChI=1S/C16H26N2O2/c1-18(2)15(11-17-14-8-5-9-16(14)19)12-6-4-7-13(10-12)20-3/h4,6-7,10,14-17,19H,5,8-9,11H2,1-3H3/t14-,15?,16-/m0/s1. The maximum absolute atomic E-state index is 9.90. The molecule has 1 saturated carbocycles. The van der Waals surface area contributed by atoms with Crippen LogP contribution in [-0.2, 0) is 0 Å². The van der Waals surface area contributed by atoms with E-state index in [9.17, 15) is 5.11 Å². The number of aliphatic hydroxyl groups excluding tert-OH is 1.